The molecule has 0 saturated heterocycles. The van der Waals surface area contributed by atoms with Crippen molar-refractivity contribution in [2.24, 2.45) is 16.8 Å². The second-order valence-electron chi connectivity index (χ2n) is 5.13. The van der Waals surface area contributed by atoms with Crippen molar-refractivity contribution in [3.8, 4) is 5.75 Å². The smallest absolute Gasteiger partial charge is 0.241 e. The van der Waals surface area contributed by atoms with Crippen LogP contribution in [0, 0.1) is 5.92 Å². The Labute approximate surface area is 124 Å². The summed E-state index contributed by atoms with van der Waals surface area (Å²) in [6, 6.07) is 3.28. The van der Waals surface area contributed by atoms with E-state index in [1.807, 2.05) is 13.8 Å². The number of amides is 1. The lowest BCUT2D eigenvalue weighted by Gasteiger charge is -2.16. The van der Waals surface area contributed by atoms with Crippen LogP contribution in [0.5, 0.6) is 5.75 Å². The number of anilines is 1. The third-order valence-corrected chi connectivity index (χ3v) is 3.73. The minimum atomic E-state index is -3.86. The summed E-state index contributed by atoms with van der Waals surface area (Å²) < 4.78 is 27.8. The number of hydrogen-bond donors (Lipinski definition) is 3. The molecule has 7 nitrogen and oxygen atoms in total. The van der Waals surface area contributed by atoms with Crippen molar-refractivity contribution < 1.29 is 17.9 Å². The topological polar surface area (TPSA) is 125 Å². The largest absolute Gasteiger partial charge is 0.495 e. The zero-order chi connectivity index (χ0) is 16.2. The Morgan fingerprint density at radius 2 is 2.00 bits per heavy atom. The average molecular weight is 315 g/mol. The van der Waals surface area contributed by atoms with Crippen LogP contribution < -0.4 is 20.9 Å². The molecule has 0 radical (unpaired) electrons. The fourth-order valence-corrected chi connectivity index (χ4v) is 2.34. The van der Waals surface area contributed by atoms with Gasteiger partial charge in [0.2, 0.25) is 15.9 Å². The lowest BCUT2D eigenvalue weighted by Crippen LogP contribution is -2.36. The summed E-state index contributed by atoms with van der Waals surface area (Å²) in [5.41, 5.74) is 6.00. The third-order valence-electron chi connectivity index (χ3n) is 2.82. The summed E-state index contributed by atoms with van der Waals surface area (Å²) >= 11 is 0. The number of ether oxygens (including phenoxy) is 1. The lowest BCUT2D eigenvalue weighted by atomic mass is 10.0. The highest BCUT2D eigenvalue weighted by atomic mass is 32.2. The van der Waals surface area contributed by atoms with Crippen LogP contribution in [0.2, 0.25) is 0 Å². The minimum Gasteiger partial charge on any atom is -0.495 e. The van der Waals surface area contributed by atoms with Gasteiger partial charge < -0.3 is 15.8 Å². The molecule has 0 aromatic heterocycles. The first-order chi connectivity index (χ1) is 9.65. The summed E-state index contributed by atoms with van der Waals surface area (Å²) in [7, 11) is -2.45. The van der Waals surface area contributed by atoms with Crippen LogP contribution in [-0.4, -0.2) is 27.5 Å². The van der Waals surface area contributed by atoms with E-state index in [2.05, 4.69) is 5.32 Å². The molecule has 1 atom stereocenters. The van der Waals surface area contributed by atoms with E-state index in [0.29, 0.717) is 12.2 Å². The molecule has 5 N–H and O–H groups in total. The van der Waals surface area contributed by atoms with E-state index in [0.717, 1.165) is 0 Å². The van der Waals surface area contributed by atoms with Crippen molar-refractivity contribution in [1.29, 1.82) is 0 Å². The van der Waals surface area contributed by atoms with Crippen LogP contribution in [-0.2, 0) is 14.8 Å². The van der Waals surface area contributed by atoms with Crippen LogP contribution in [0.25, 0.3) is 0 Å². The Balaban J connectivity index is 3.03. The predicted octanol–water partition coefficient (Wildman–Crippen LogP) is 0.655. The molecule has 118 valence electrons. The van der Waals surface area contributed by atoms with Crippen molar-refractivity contribution in [3.63, 3.8) is 0 Å². The first-order valence-corrected chi connectivity index (χ1v) is 7.97. The number of methoxy groups -OCH3 is 1. The first-order valence-electron chi connectivity index (χ1n) is 6.42. The molecular weight excluding hydrogens is 294 g/mol. The summed E-state index contributed by atoms with van der Waals surface area (Å²) in [5, 5.41) is 7.64. The highest BCUT2D eigenvalue weighted by Gasteiger charge is 2.18. The van der Waals surface area contributed by atoms with Gasteiger partial charge in [0.25, 0.3) is 0 Å². The number of rotatable bonds is 6. The van der Waals surface area contributed by atoms with Crippen LogP contribution in [0.3, 0.4) is 0 Å². The maximum absolute atomic E-state index is 12.0. The molecule has 1 aromatic carbocycles. The number of hydrogen-bond acceptors (Lipinski definition) is 5. The van der Waals surface area contributed by atoms with Crippen molar-refractivity contribution in [1.82, 2.24) is 0 Å². The molecule has 0 saturated carbocycles. The van der Waals surface area contributed by atoms with E-state index < -0.39 is 22.0 Å². The third kappa shape index (κ3) is 5.00. The van der Waals surface area contributed by atoms with Gasteiger partial charge in [-0.2, -0.15) is 0 Å². The summed E-state index contributed by atoms with van der Waals surface area (Å²) in [5.74, 6) is 0.185. The molecule has 0 aliphatic heterocycles. The second-order valence-corrected chi connectivity index (χ2v) is 6.69. The molecule has 0 aliphatic rings. The van der Waals surface area contributed by atoms with Gasteiger partial charge in [0.05, 0.1) is 23.7 Å². The molecule has 1 aromatic rings. The Morgan fingerprint density at radius 3 is 2.48 bits per heavy atom. The van der Waals surface area contributed by atoms with Gasteiger partial charge in [0.1, 0.15) is 5.75 Å². The highest BCUT2D eigenvalue weighted by molar-refractivity contribution is 7.89. The van der Waals surface area contributed by atoms with Crippen molar-refractivity contribution in [2.75, 3.05) is 12.4 Å². The number of benzene rings is 1. The monoisotopic (exact) mass is 315 g/mol. The van der Waals surface area contributed by atoms with Crippen molar-refractivity contribution in [3.05, 3.63) is 18.2 Å². The van der Waals surface area contributed by atoms with E-state index in [9.17, 15) is 13.2 Å². The molecule has 1 amide bonds. The van der Waals surface area contributed by atoms with Crippen molar-refractivity contribution >= 4 is 21.6 Å². The van der Waals surface area contributed by atoms with Gasteiger partial charge >= 0.3 is 0 Å². The van der Waals surface area contributed by atoms with Gasteiger partial charge in [-0.05, 0) is 30.5 Å². The van der Waals surface area contributed by atoms with Gasteiger partial charge in [-0.25, -0.2) is 13.6 Å². The minimum absolute atomic E-state index is 0.115. The van der Waals surface area contributed by atoms with Crippen molar-refractivity contribution in [2.45, 2.75) is 31.2 Å². The predicted molar refractivity (Wildman–Crippen MR) is 80.4 cm³/mol. The van der Waals surface area contributed by atoms with Gasteiger partial charge in [0, 0.05) is 0 Å². The molecule has 1 unspecified atom stereocenters. The average Bonchev–Trinajstić information content (AvgIpc) is 2.36. The van der Waals surface area contributed by atoms with E-state index in [-0.39, 0.29) is 16.5 Å². The highest BCUT2D eigenvalue weighted by Crippen LogP contribution is 2.27. The van der Waals surface area contributed by atoms with Crippen LogP contribution in [0.15, 0.2) is 23.1 Å². The second kappa shape index (κ2) is 6.88. The summed E-state index contributed by atoms with van der Waals surface area (Å²) in [4.78, 5) is 11.9. The van der Waals surface area contributed by atoms with Crippen LogP contribution >= 0.6 is 0 Å². The quantitative estimate of drug-likeness (QED) is 0.711. The van der Waals surface area contributed by atoms with Gasteiger partial charge in [-0.15, -0.1) is 0 Å². The zero-order valence-electron chi connectivity index (χ0n) is 12.3. The standard InChI is InChI=1S/C13H21N3O4S/c1-8(2)6-10(14)13(17)16-11-7-9(21(15,18)19)4-5-12(11)20-3/h4-5,7-8,10H,6,14H2,1-3H3,(H,16,17)(H2,15,18,19). The Kier molecular flexibility index (Phi) is 5.70. The van der Waals surface area contributed by atoms with E-state index in [1.54, 1.807) is 0 Å². The molecule has 0 spiro atoms. The molecule has 21 heavy (non-hydrogen) atoms. The molecule has 8 heteroatoms. The molecule has 0 fully saturated rings. The Hall–Kier alpha value is -1.64. The Morgan fingerprint density at radius 1 is 1.38 bits per heavy atom. The fourth-order valence-electron chi connectivity index (χ4n) is 1.80. The molecule has 0 aliphatic carbocycles. The lowest BCUT2D eigenvalue weighted by molar-refractivity contribution is -0.117. The number of nitrogens with two attached hydrogens (primary N) is 2. The fraction of sp³-hybridized carbons (Fsp3) is 0.462. The SMILES string of the molecule is COc1ccc(S(N)(=O)=O)cc1NC(=O)C(N)CC(C)C. The molecule has 1 rings (SSSR count). The van der Waals surface area contributed by atoms with E-state index in [4.69, 9.17) is 15.6 Å². The first kappa shape index (κ1) is 17.4. The van der Waals surface area contributed by atoms with Gasteiger partial charge in [-0.3, -0.25) is 4.79 Å². The molecule has 0 bridgehead atoms. The maximum Gasteiger partial charge on any atom is 0.241 e. The van der Waals surface area contributed by atoms with Gasteiger partial charge in [0.15, 0.2) is 0 Å². The van der Waals surface area contributed by atoms with Crippen LogP contribution in [0.4, 0.5) is 5.69 Å². The molecule has 0 heterocycles. The Bertz CT molecular complexity index is 614. The maximum atomic E-state index is 12.0. The number of carbonyl (C=O) groups is 1. The summed E-state index contributed by atoms with van der Waals surface area (Å²) in [6.45, 7) is 3.91. The number of primary sulfonamides is 1. The van der Waals surface area contributed by atoms with E-state index >= 15 is 0 Å². The van der Waals surface area contributed by atoms with Gasteiger partial charge in [-0.1, -0.05) is 13.8 Å². The number of carbonyl (C=O) groups excluding carboxylic acids is 1. The summed E-state index contributed by atoms with van der Waals surface area (Å²) in [6.07, 6.45) is 0.517. The number of sulfonamides is 1. The zero-order valence-corrected chi connectivity index (χ0v) is 13.1. The van der Waals surface area contributed by atoms with Crippen LogP contribution in [0.1, 0.15) is 20.3 Å². The number of nitrogens with one attached hydrogen (secondary N) is 1. The normalized spacial score (nSPS) is 13.0. The molecular formula is C13H21N3O4S. The van der Waals surface area contributed by atoms with E-state index in [1.165, 1.54) is 25.3 Å².